The minimum atomic E-state index is -1.51. The molecule has 1 aliphatic rings. The summed E-state index contributed by atoms with van der Waals surface area (Å²) < 4.78 is 16.5. The van der Waals surface area contributed by atoms with Crippen LogP contribution in [0.3, 0.4) is 0 Å². The molecule has 1 aromatic heterocycles. The summed E-state index contributed by atoms with van der Waals surface area (Å²) in [6, 6.07) is 7.43. The van der Waals surface area contributed by atoms with E-state index in [0.717, 1.165) is 42.7 Å². The molecule has 2 aromatic rings. The number of ether oxygens (including phenoxy) is 2. The lowest BCUT2D eigenvalue weighted by atomic mass is 10.0. The fourth-order valence-electron chi connectivity index (χ4n) is 3.04. The SMILES string of the molecule is Cc1oc(-c2ccc(Cl)cc2)nc1CCCC[C@H]1CO[C@@](C)(C(=O)O)OC1. The minimum absolute atomic E-state index is 0.223. The molecule has 1 saturated heterocycles. The monoisotopic (exact) mass is 393 g/mol. The van der Waals surface area contributed by atoms with Crippen LogP contribution in [0.15, 0.2) is 28.7 Å². The Morgan fingerprint density at radius 1 is 1.26 bits per heavy atom. The molecule has 146 valence electrons. The summed E-state index contributed by atoms with van der Waals surface area (Å²) in [5.74, 6) is -0.922. The third-order valence-corrected chi connectivity index (χ3v) is 5.09. The van der Waals surface area contributed by atoms with Crippen molar-refractivity contribution in [2.75, 3.05) is 13.2 Å². The fraction of sp³-hybridized carbons (Fsp3) is 0.500. The second kappa shape index (κ2) is 8.42. The molecule has 0 saturated carbocycles. The van der Waals surface area contributed by atoms with Crippen molar-refractivity contribution in [3.05, 3.63) is 40.7 Å². The zero-order valence-corrected chi connectivity index (χ0v) is 16.3. The van der Waals surface area contributed by atoms with Crippen LogP contribution in [-0.2, 0) is 20.7 Å². The summed E-state index contributed by atoms with van der Waals surface area (Å²) in [5.41, 5.74) is 1.88. The van der Waals surface area contributed by atoms with Crippen LogP contribution in [0, 0.1) is 12.8 Å². The number of carbonyl (C=O) groups is 1. The fourth-order valence-corrected chi connectivity index (χ4v) is 3.16. The summed E-state index contributed by atoms with van der Waals surface area (Å²) in [5, 5.41) is 9.76. The Morgan fingerprint density at radius 2 is 1.93 bits per heavy atom. The first-order chi connectivity index (χ1) is 12.9. The molecular formula is C20H24ClNO5. The largest absolute Gasteiger partial charge is 0.477 e. The Hall–Kier alpha value is -1.89. The molecule has 0 radical (unpaired) electrons. The Labute approximate surface area is 163 Å². The van der Waals surface area contributed by atoms with E-state index in [2.05, 4.69) is 4.98 Å². The van der Waals surface area contributed by atoms with Crippen LogP contribution in [0.4, 0.5) is 0 Å². The number of unbranched alkanes of at least 4 members (excludes halogenated alkanes) is 1. The molecule has 0 atom stereocenters. The van der Waals surface area contributed by atoms with E-state index >= 15 is 0 Å². The molecule has 1 fully saturated rings. The summed E-state index contributed by atoms with van der Waals surface area (Å²) in [6.07, 6.45) is 3.73. The highest BCUT2D eigenvalue weighted by molar-refractivity contribution is 6.30. The van der Waals surface area contributed by atoms with Crippen LogP contribution < -0.4 is 0 Å². The number of aromatic nitrogens is 1. The van der Waals surface area contributed by atoms with Gasteiger partial charge in [0.2, 0.25) is 5.89 Å². The maximum atomic E-state index is 11.1. The number of aliphatic carboxylic acids is 1. The number of hydrogen-bond acceptors (Lipinski definition) is 5. The van der Waals surface area contributed by atoms with E-state index in [1.165, 1.54) is 6.92 Å². The van der Waals surface area contributed by atoms with Crippen molar-refractivity contribution >= 4 is 17.6 Å². The molecule has 27 heavy (non-hydrogen) atoms. The van der Waals surface area contributed by atoms with E-state index in [9.17, 15) is 4.79 Å². The number of oxazole rings is 1. The second-order valence-electron chi connectivity index (χ2n) is 7.01. The van der Waals surface area contributed by atoms with Gasteiger partial charge in [0.1, 0.15) is 5.76 Å². The van der Waals surface area contributed by atoms with Gasteiger partial charge in [-0.05, 0) is 50.5 Å². The number of rotatable bonds is 7. The Bertz CT molecular complexity index is 778. The van der Waals surface area contributed by atoms with Crippen LogP contribution in [0.25, 0.3) is 11.5 Å². The predicted octanol–water partition coefficient (Wildman–Crippen LogP) is 4.48. The molecule has 6 nitrogen and oxygen atoms in total. The van der Waals surface area contributed by atoms with Gasteiger partial charge in [0.15, 0.2) is 0 Å². The van der Waals surface area contributed by atoms with Gasteiger partial charge in [-0.3, -0.25) is 0 Å². The minimum Gasteiger partial charge on any atom is -0.477 e. The average Bonchev–Trinajstić information content (AvgIpc) is 3.01. The molecule has 1 aromatic carbocycles. The highest BCUT2D eigenvalue weighted by Gasteiger charge is 2.40. The molecule has 0 aliphatic carbocycles. The Kier molecular flexibility index (Phi) is 6.19. The van der Waals surface area contributed by atoms with Crippen molar-refractivity contribution < 1.29 is 23.8 Å². The zero-order valence-electron chi connectivity index (χ0n) is 15.5. The number of benzene rings is 1. The van der Waals surface area contributed by atoms with E-state index in [1.807, 2.05) is 31.2 Å². The molecule has 3 rings (SSSR count). The quantitative estimate of drug-likeness (QED) is 0.698. The highest BCUT2D eigenvalue weighted by atomic mass is 35.5. The van der Waals surface area contributed by atoms with Crippen LogP contribution in [0.2, 0.25) is 5.02 Å². The van der Waals surface area contributed by atoms with Crippen molar-refractivity contribution in [2.45, 2.75) is 45.3 Å². The van der Waals surface area contributed by atoms with Gasteiger partial charge < -0.3 is 19.0 Å². The normalized spacial score (nSPS) is 22.7. The molecule has 0 spiro atoms. The maximum absolute atomic E-state index is 11.1. The molecule has 7 heteroatoms. The molecule has 1 aliphatic heterocycles. The molecule has 0 bridgehead atoms. The van der Waals surface area contributed by atoms with E-state index in [-0.39, 0.29) is 5.92 Å². The summed E-state index contributed by atoms with van der Waals surface area (Å²) in [6.45, 7) is 4.19. The molecule has 0 unspecified atom stereocenters. The smallest absolute Gasteiger partial charge is 0.364 e. The van der Waals surface area contributed by atoms with Crippen LogP contribution in [0.5, 0.6) is 0 Å². The lowest BCUT2D eigenvalue weighted by Crippen LogP contribution is -2.47. The van der Waals surface area contributed by atoms with Gasteiger partial charge in [0.25, 0.3) is 5.79 Å². The molecule has 0 amide bonds. The zero-order chi connectivity index (χ0) is 19.4. The van der Waals surface area contributed by atoms with Gasteiger partial charge in [0.05, 0.1) is 18.9 Å². The summed E-state index contributed by atoms with van der Waals surface area (Å²) in [4.78, 5) is 15.7. The second-order valence-corrected chi connectivity index (χ2v) is 7.45. The van der Waals surface area contributed by atoms with Crippen LogP contribution >= 0.6 is 11.6 Å². The first-order valence-electron chi connectivity index (χ1n) is 9.11. The number of halogens is 1. The number of nitrogens with zero attached hydrogens (tertiary/aromatic N) is 1. The van der Waals surface area contributed by atoms with E-state index in [4.69, 9.17) is 30.6 Å². The third kappa shape index (κ3) is 4.89. The molecular weight excluding hydrogens is 370 g/mol. The highest BCUT2D eigenvalue weighted by Crippen LogP contribution is 2.26. The van der Waals surface area contributed by atoms with Crippen molar-refractivity contribution in [1.29, 1.82) is 0 Å². The van der Waals surface area contributed by atoms with Gasteiger partial charge >= 0.3 is 5.97 Å². The summed E-state index contributed by atoms with van der Waals surface area (Å²) >= 11 is 5.92. The van der Waals surface area contributed by atoms with Crippen molar-refractivity contribution in [3.8, 4) is 11.5 Å². The van der Waals surface area contributed by atoms with Crippen molar-refractivity contribution in [3.63, 3.8) is 0 Å². The maximum Gasteiger partial charge on any atom is 0.364 e. The third-order valence-electron chi connectivity index (χ3n) is 4.84. The Morgan fingerprint density at radius 3 is 2.56 bits per heavy atom. The van der Waals surface area contributed by atoms with Gasteiger partial charge in [-0.25, -0.2) is 9.78 Å². The van der Waals surface area contributed by atoms with Crippen molar-refractivity contribution in [1.82, 2.24) is 4.98 Å². The van der Waals surface area contributed by atoms with Gasteiger partial charge in [-0.2, -0.15) is 0 Å². The Balaban J connectivity index is 1.45. The van der Waals surface area contributed by atoms with Gasteiger partial charge in [0, 0.05) is 23.4 Å². The lowest BCUT2D eigenvalue weighted by molar-refractivity contribution is -0.271. The number of aryl methyl sites for hydroxylation is 2. The van der Waals surface area contributed by atoms with Gasteiger partial charge in [-0.15, -0.1) is 0 Å². The molecule has 2 heterocycles. The summed E-state index contributed by atoms with van der Waals surface area (Å²) in [7, 11) is 0. The predicted molar refractivity (Wildman–Crippen MR) is 101 cm³/mol. The topological polar surface area (TPSA) is 81.8 Å². The molecule has 1 N–H and O–H groups in total. The van der Waals surface area contributed by atoms with E-state index in [0.29, 0.717) is 24.1 Å². The average molecular weight is 394 g/mol. The standard InChI is InChI=1S/C20H24ClNO5/c1-13-17(22-18(27-13)15-7-9-16(21)10-8-15)6-4-3-5-14-11-25-20(2,19(23)24)26-12-14/h7-10,14H,3-6,11-12H2,1-2H3,(H,23,24)/t14-,20+. The van der Waals surface area contributed by atoms with E-state index in [1.54, 1.807) is 0 Å². The number of carboxylic acid groups (broad SMARTS) is 1. The van der Waals surface area contributed by atoms with E-state index < -0.39 is 11.8 Å². The lowest BCUT2D eigenvalue weighted by Gasteiger charge is -2.34. The number of carboxylic acids is 1. The van der Waals surface area contributed by atoms with Crippen LogP contribution in [-0.4, -0.2) is 35.1 Å². The van der Waals surface area contributed by atoms with Gasteiger partial charge in [-0.1, -0.05) is 18.0 Å². The number of hydrogen-bond donors (Lipinski definition) is 1. The first kappa shape index (κ1) is 19.9. The van der Waals surface area contributed by atoms with Crippen molar-refractivity contribution in [2.24, 2.45) is 5.92 Å². The van der Waals surface area contributed by atoms with Crippen LogP contribution in [0.1, 0.15) is 37.6 Å². The first-order valence-corrected chi connectivity index (χ1v) is 9.49.